The van der Waals surface area contributed by atoms with Crippen LogP contribution < -0.4 is 0 Å². The molecule has 1 N–H and O–H groups in total. The number of aliphatic carboxylic acids is 1. The van der Waals surface area contributed by atoms with Crippen molar-refractivity contribution in [3.63, 3.8) is 0 Å². The molecule has 9 heteroatoms. The van der Waals surface area contributed by atoms with Crippen LogP contribution in [0.5, 0.6) is 0 Å². The Bertz CT molecular complexity index is 740. The first kappa shape index (κ1) is 14.1. The number of aromatic nitrogens is 2. The molecule has 0 radical (unpaired) electrons. The van der Waals surface area contributed by atoms with E-state index in [0.717, 1.165) is 4.90 Å². The molecular weight excluding hydrogens is 298 g/mol. The van der Waals surface area contributed by atoms with Gasteiger partial charge in [-0.1, -0.05) is 0 Å². The Morgan fingerprint density at radius 2 is 2.24 bits per heavy atom. The Hall–Kier alpha value is -1.90. The van der Waals surface area contributed by atoms with Crippen LogP contribution >= 0.6 is 0 Å². The second-order valence-electron chi connectivity index (χ2n) is 5.75. The van der Waals surface area contributed by atoms with Crippen molar-refractivity contribution < 1.29 is 23.1 Å². The molecule has 0 spiro atoms. The molecule has 3 heterocycles. The second kappa shape index (κ2) is 4.06. The zero-order valence-corrected chi connectivity index (χ0v) is 12.4. The number of β-lactam (4-membered cyclic amide) rings is 1. The number of carboxylic acids is 1. The lowest BCUT2D eigenvalue weighted by molar-refractivity contribution is -0.157. The van der Waals surface area contributed by atoms with Crippen molar-refractivity contribution in [3.8, 4) is 0 Å². The molecule has 8 nitrogen and oxygen atoms in total. The van der Waals surface area contributed by atoms with Gasteiger partial charge >= 0.3 is 5.97 Å². The highest BCUT2D eigenvalue weighted by atomic mass is 32.2. The first-order valence-corrected chi connectivity index (χ1v) is 7.99. The third kappa shape index (κ3) is 1.66. The predicted molar refractivity (Wildman–Crippen MR) is 71.0 cm³/mol. The Kier molecular flexibility index (Phi) is 2.72. The van der Waals surface area contributed by atoms with E-state index >= 15 is 0 Å². The van der Waals surface area contributed by atoms with Gasteiger partial charge < -0.3 is 14.6 Å². The van der Waals surface area contributed by atoms with Crippen LogP contribution in [-0.4, -0.2) is 56.0 Å². The zero-order chi connectivity index (χ0) is 15.6. The topological polar surface area (TPSA) is 110 Å². The number of amides is 1. The summed E-state index contributed by atoms with van der Waals surface area (Å²) in [5.74, 6) is -1.73. The highest BCUT2D eigenvalue weighted by molar-refractivity contribution is 7.93. The van der Waals surface area contributed by atoms with Crippen molar-refractivity contribution in [2.45, 2.75) is 43.0 Å². The van der Waals surface area contributed by atoms with Gasteiger partial charge in [0.1, 0.15) is 10.1 Å². The highest BCUT2D eigenvalue weighted by Crippen LogP contribution is 2.46. The molecule has 2 saturated heterocycles. The van der Waals surface area contributed by atoms with E-state index < -0.39 is 37.9 Å². The van der Waals surface area contributed by atoms with E-state index in [0.29, 0.717) is 5.69 Å². The molecule has 0 saturated carbocycles. The normalized spacial score (nSPS) is 33.6. The summed E-state index contributed by atoms with van der Waals surface area (Å²) in [5, 5.41) is 8.41. The molecule has 1 amide bonds. The first-order valence-electron chi connectivity index (χ1n) is 6.44. The van der Waals surface area contributed by atoms with E-state index in [4.69, 9.17) is 0 Å². The second-order valence-corrected chi connectivity index (χ2v) is 8.31. The van der Waals surface area contributed by atoms with Crippen molar-refractivity contribution in [1.29, 1.82) is 0 Å². The van der Waals surface area contributed by atoms with Crippen LogP contribution in [0, 0.1) is 6.92 Å². The minimum atomic E-state index is -3.77. The van der Waals surface area contributed by atoms with Gasteiger partial charge in [-0.2, -0.15) is 0 Å². The van der Waals surface area contributed by atoms with Gasteiger partial charge in [-0.3, -0.25) is 4.79 Å². The molecule has 0 bridgehead atoms. The molecule has 1 aromatic heterocycles. The van der Waals surface area contributed by atoms with E-state index in [2.05, 4.69) is 4.98 Å². The van der Waals surface area contributed by atoms with Crippen molar-refractivity contribution in [3.05, 3.63) is 18.2 Å². The van der Waals surface area contributed by atoms with Crippen molar-refractivity contribution >= 4 is 21.7 Å². The molecule has 2 fully saturated rings. The molecule has 3 rings (SSSR count). The molecule has 1 aromatic rings. The fraction of sp³-hybridized carbons (Fsp3) is 0.583. The number of imidazole rings is 1. The largest absolute Gasteiger partial charge is 0.480 e. The van der Waals surface area contributed by atoms with Crippen molar-refractivity contribution in [1.82, 2.24) is 14.5 Å². The van der Waals surface area contributed by atoms with E-state index in [9.17, 15) is 23.1 Å². The fourth-order valence-electron chi connectivity index (χ4n) is 3.21. The van der Waals surface area contributed by atoms with Gasteiger partial charge in [0.05, 0.1) is 18.4 Å². The SMILES string of the molecule is Cc1cn(C[C@@]2(C)[C@H](C(=O)O)N3C(=O)CC3S2(=O)=O)cn1. The molecule has 2 aliphatic rings. The van der Waals surface area contributed by atoms with Gasteiger partial charge in [0, 0.05) is 12.7 Å². The minimum absolute atomic E-state index is 0.0482. The molecule has 2 aliphatic heterocycles. The number of hydrogen-bond donors (Lipinski definition) is 1. The summed E-state index contributed by atoms with van der Waals surface area (Å²) in [6.07, 6.45) is 2.98. The maximum absolute atomic E-state index is 12.7. The highest BCUT2D eigenvalue weighted by Gasteiger charge is 2.69. The molecule has 1 unspecified atom stereocenters. The van der Waals surface area contributed by atoms with Crippen LogP contribution in [0.25, 0.3) is 0 Å². The number of carboxylic acid groups (broad SMARTS) is 1. The maximum atomic E-state index is 12.7. The smallest absolute Gasteiger partial charge is 0.328 e. The van der Waals surface area contributed by atoms with Crippen LogP contribution in [0.15, 0.2) is 12.5 Å². The molecule has 0 aliphatic carbocycles. The van der Waals surface area contributed by atoms with Crippen LogP contribution in [0.3, 0.4) is 0 Å². The summed E-state index contributed by atoms with van der Waals surface area (Å²) in [4.78, 5) is 28.2. The summed E-state index contributed by atoms with van der Waals surface area (Å²) < 4.78 is 25.3. The number of carbonyl (C=O) groups excluding carboxylic acids is 1. The number of hydrogen-bond acceptors (Lipinski definition) is 5. The lowest BCUT2D eigenvalue weighted by Crippen LogP contribution is -2.58. The first-order chi connectivity index (χ1) is 9.68. The van der Waals surface area contributed by atoms with Crippen LogP contribution in [0.2, 0.25) is 0 Å². The summed E-state index contributed by atoms with van der Waals surface area (Å²) in [5.41, 5.74) is 0.709. The fourth-order valence-corrected chi connectivity index (χ4v) is 5.59. The van der Waals surface area contributed by atoms with Crippen LogP contribution in [0.4, 0.5) is 0 Å². The Balaban J connectivity index is 2.08. The maximum Gasteiger partial charge on any atom is 0.328 e. The van der Waals surface area contributed by atoms with E-state index in [1.807, 2.05) is 0 Å². The molecule has 114 valence electrons. The van der Waals surface area contributed by atoms with E-state index in [1.54, 1.807) is 17.7 Å². The predicted octanol–water partition coefficient (Wildman–Crippen LogP) is -0.610. The van der Waals surface area contributed by atoms with Crippen molar-refractivity contribution in [2.75, 3.05) is 0 Å². The summed E-state index contributed by atoms with van der Waals surface area (Å²) in [6.45, 7) is 3.10. The number of fused-ring (bicyclic) bond motifs is 1. The summed E-state index contributed by atoms with van der Waals surface area (Å²) >= 11 is 0. The third-order valence-corrected chi connectivity index (χ3v) is 7.07. The standard InChI is InChI=1S/C12H15N3O5S/c1-7-4-14(6-13-7)5-12(2)10(11(17)18)15-8(16)3-9(15)21(12,19)20/h4,6,9-10H,3,5H2,1-2H3,(H,17,18)/t9?,10-,12-/m0/s1. The van der Waals surface area contributed by atoms with Gasteiger partial charge in [0.15, 0.2) is 15.9 Å². The van der Waals surface area contributed by atoms with Gasteiger partial charge in [-0.05, 0) is 13.8 Å². The average Bonchev–Trinajstić information content (AvgIpc) is 2.81. The summed E-state index contributed by atoms with van der Waals surface area (Å²) in [7, 11) is -3.77. The monoisotopic (exact) mass is 313 g/mol. The zero-order valence-electron chi connectivity index (χ0n) is 11.6. The number of rotatable bonds is 3. The lowest BCUT2D eigenvalue weighted by Gasteiger charge is -2.35. The van der Waals surface area contributed by atoms with E-state index in [1.165, 1.54) is 13.3 Å². The van der Waals surface area contributed by atoms with Crippen molar-refractivity contribution in [2.24, 2.45) is 0 Å². The number of sulfone groups is 1. The average molecular weight is 313 g/mol. The van der Waals surface area contributed by atoms with Gasteiger partial charge in [0.2, 0.25) is 5.91 Å². The molecule has 0 aromatic carbocycles. The van der Waals surface area contributed by atoms with E-state index in [-0.39, 0.29) is 13.0 Å². The number of aryl methyl sites for hydroxylation is 1. The quantitative estimate of drug-likeness (QED) is 0.746. The van der Waals surface area contributed by atoms with Gasteiger partial charge in [-0.25, -0.2) is 18.2 Å². The minimum Gasteiger partial charge on any atom is -0.480 e. The summed E-state index contributed by atoms with van der Waals surface area (Å²) in [6, 6.07) is -1.36. The molecule has 21 heavy (non-hydrogen) atoms. The lowest BCUT2D eigenvalue weighted by atomic mass is 9.96. The Morgan fingerprint density at radius 3 is 2.71 bits per heavy atom. The molecule has 3 atom stereocenters. The Labute approximate surface area is 121 Å². The van der Waals surface area contributed by atoms with Gasteiger partial charge in [-0.15, -0.1) is 0 Å². The van der Waals surface area contributed by atoms with Crippen LogP contribution in [-0.2, 0) is 26.0 Å². The number of carbonyl (C=O) groups is 2. The third-order valence-electron chi connectivity index (χ3n) is 4.31. The molecular formula is C12H15N3O5S. The van der Waals surface area contributed by atoms with Crippen LogP contribution in [0.1, 0.15) is 19.0 Å². The van der Waals surface area contributed by atoms with Gasteiger partial charge in [0.25, 0.3) is 0 Å². The Morgan fingerprint density at radius 1 is 1.57 bits per heavy atom. The number of nitrogens with zero attached hydrogens (tertiary/aromatic N) is 3.